The highest BCUT2D eigenvalue weighted by atomic mass is 31.2. The van der Waals surface area contributed by atoms with Gasteiger partial charge in [0.2, 0.25) is 0 Å². The summed E-state index contributed by atoms with van der Waals surface area (Å²) in [6.45, 7) is 3.78. The monoisotopic (exact) mass is 912 g/mol. The van der Waals surface area contributed by atoms with Gasteiger partial charge in [-0.15, -0.1) is 0 Å². The molecule has 3 rings (SSSR count). The summed E-state index contributed by atoms with van der Waals surface area (Å²) in [5.41, 5.74) is 10.5. The average molecular weight is 912 g/mol. The molecule has 358 valence electrons. The normalized spacial score (nSPS) is 16.4. The summed E-state index contributed by atoms with van der Waals surface area (Å²) in [6.07, 6.45) is 24.1. The van der Waals surface area contributed by atoms with Gasteiger partial charge in [0.1, 0.15) is 18.4 Å². The third kappa shape index (κ3) is 18.3. The number of carbonyl (C=O) groups excluding carboxylic acids is 2. The number of fused-ring (bicyclic) bond motifs is 2. The third-order valence-corrected chi connectivity index (χ3v) is 12.9. The molecule has 0 saturated heterocycles. The van der Waals surface area contributed by atoms with Crippen molar-refractivity contribution in [1.82, 2.24) is 4.48 Å². The summed E-state index contributed by atoms with van der Waals surface area (Å²) in [5.74, 6) is -2.48. The molecule has 4 N–H and O–H groups in total. The molecule has 1 aromatic rings. The zero-order chi connectivity index (χ0) is 46.4. The molecule has 0 saturated carbocycles. The number of halogens is 2. The van der Waals surface area contributed by atoms with Crippen LogP contribution in [0, 0.1) is 13.8 Å². The zero-order valence-corrected chi connectivity index (χ0v) is 39.7. The SMILES string of the molecule is CCCCCCCCCCCCCCCC(=O)OC[C@H](COP(=O)(O)OC[C@H](N)C(=O)O)OC(=O)CCCCCCCCCCC1=C2C(C)=CC(C)=[N+]2[B-](F)(F)n2c(C)cc(C)c21. The number of phosphoric acid groups is 1. The van der Waals surface area contributed by atoms with Crippen LogP contribution in [0.4, 0.5) is 8.63 Å². The Labute approximate surface area is 374 Å². The fourth-order valence-corrected chi connectivity index (χ4v) is 9.44. The molecule has 3 heterocycles. The highest BCUT2D eigenvalue weighted by Gasteiger charge is 2.54. The Kier molecular flexibility index (Phi) is 24.1. The summed E-state index contributed by atoms with van der Waals surface area (Å²) in [4.78, 5) is 46.3. The maximum atomic E-state index is 15.8. The number of aryl methyl sites for hydroxylation is 2. The Bertz CT molecular complexity index is 1780. The molecule has 2 aliphatic rings. The third-order valence-electron chi connectivity index (χ3n) is 12.0. The molecule has 0 amide bonds. The van der Waals surface area contributed by atoms with E-state index in [-0.39, 0.29) is 19.4 Å². The van der Waals surface area contributed by atoms with E-state index >= 15 is 8.63 Å². The first kappa shape index (κ1) is 54.2. The number of phosphoric ester groups is 1. The smallest absolute Gasteiger partial charge is 0.480 e. The number of rotatable bonds is 35. The molecule has 0 aliphatic carbocycles. The predicted molar refractivity (Wildman–Crippen MR) is 244 cm³/mol. The number of carbonyl (C=O) groups is 3. The zero-order valence-electron chi connectivity index (χ0n) is 38.8. The van der Waals surface area contributed by atoms with Crippen LogP contribution in [0.15, 0.2) is 23.4 Å². The van der Waals surface area contributed by atoms with Gasteiger partial charge < -0.3 is 42.8 Å². The molecule has 0 fully saturated rings. The number of carboxylic acids is 1. The van der Waals surface area contributed by atoms with Crippen molar-refractivity contribution in [2.75, 3.05) is 19.8 Å². The predicted octanol–water partition coefficient (Wildman–Crippen LogP) is 10.9. The largest absolute Gasteiger partial charge is 0.737 e. The van der Waals surface area contributed by atoms with E-state index in [1.807, 2.05) is 26.0 Å². The summed E-state index contributed by atoms with van der Waals surface area (Å²) < 4.78 is 67.0. The van der Waals surface area contributed by atoms with Gasteiger partial charge in [-0.1, -0.05) is 122 Å². The minimum Gasteiger partial charge on any atom is -0.480 e. The molecule has 13 nitrogen and oxygen atoms in total. The van der Waals surface area contributed by atoms with E-state index in [0.29, 0.717) is 35.6 Å². The van der Waals surface area contributed by atoms with Crippen molar-refractivity contribution >= 4 is 44.0 Å². The van der Waals surface area contributed by atoms with Gasteiger partial charge in [-0.25, -0.2) is 4.57 Å². The Hall–Kier alpha value is -3.17. The molecule has 0 spiro atoms. The van der Waals surface area contributed by atoms with Crippen LogP contribution < -0.4 is 5.73 Å². The van der Waals surface area contributed by atoms with E-state index < -0.39 is 58.1 Å². The van der Waals surface area contributed by atoms with Crippen molar-refractivity contribution in [2.45, 2.75) is 201 Å². The van der Waals surface area contributed by atoms with Crippen LogP contribution in [0.3, 0.4) is 0 Å². The van der Waals surface area contributed by atoms with Crippen molar-refractivity contribution in [3.8, 4) is 0 Å². The van der Waals surface area contributed by atoms with Gasteiger partial charge >= 0.3 is 32.7 Å². The van der Waals surface area contributed by atoms with Crippen LogP contribution in [-0.2, 0) is 37.5 Å². The number of aromatic nitrogens is 1. The lowest BCUT2D eigenvalue weighted by Gasteiger charge is -2.34. The van der Waals surface area contributed by atoms with Crippen LogP contribution in [0.25, 0.3) is 5.57 Å². The first-order chi connectivity index (χ1) is 30.0. The molecule has 0 radical (unpaired) electrons. The number of allylic oxidation sites excluding steroid dienone is 3. The standard InChI is InChI=1S/C46H77BF2N3O10P/c1-6-7-8-9-10-11-12-13-14-15-19-22-25-28-42(53)59-32-39(33-60-63(57,58)61-34-41(50)46(55)56)62-43(54)29-26-23-20-17-16-18-21-24-27-40-44-35(2)30-37(4)51(44)47(48,49)52-38(5)31-36(3)45(40)52/h30-31,39,41H,6-29,32-34,50H2,1-5H3,(H,55,56)(H,57,58)/t39-,41+/m1/s1. The minimum atomic E-state index is -4.76. The lowest BCUT2D eigenvalue weighted by Crippen LogP contribution is -2.51. The van der Waals surface area contributed by atoms with E-state index in [9.17, 15) is 23.8 Å². The number of hydrogen-bond acceptors (Lipinski definition) is 9. The van der Waals surface area contributed by atoms with Gasteiger partial charge in [-0.05, 0) is 63.8 Å². The second-order valence-corrected chi connectivity index (χ2v) is 19.0. The summed E-state index contributed by atoms with van der Waals surface area (Å²) in [6, 6.07) is 0.302. The van der Waals surface area contributed by atoms with Crippen molar-refractivity contribution in [3.63, 3.8) is 0 Å². The first-order valence-electron chi connectivity index (χ1n) is 23.7. The van der Waals surface area contributed by atoms with Crippen molar-refractivity contribution in [2.24, 2.45) is 5.73 Å². The topological polar surface area (TPSA) is 180 Å². The van der Waals surface area contributed by atoms with Gasteiger partial charge in [-0.2, -0.15) is 0 Å². The Morgan fingerprint density at radius 1 is 0.762 bits per heavy atom. The average Bonchev–Trinajstić information content (AvgIpc) is 3.71. The molecule has 17 heteroatoms. The van der Waals surface area contributed by atoms with Crippen LogP contribution in [0.5, 0.6) is 0 Å². The van der Waals surface area contributed by atoms with Gasteiger partial charge in [0.15, 0.2) is 11.8 Å². The number of esters is 2. The van der Waals surface area contributed by atoms with Crippen molar-refractivity contribution in [3.05, 3.63) is 40.4 Å². The lowest BCUT2D eigenvalue weighted by molar-refractivity contribution is -0.363. The summed E-state index contributed by atoms with van der Waals surface area (Å²) >= 11 is 0. The van der Waals surface area contributed by atoms with Gasteiger partial charge in [0.05, 0.1) is 13.2 Å². The number of nitrogens with two attached hydrogens (primary N) is 1. The number of unbranched alkanes of at least 4 members (excludes halogenated alkanes) is 19. The molecular formula is C46H77BF2N3O10P. The molecular weight excluding hydrogens is 834 g/mol. The van der Waals surface area contributed by atoms with Crippen LogP contribution >= 0.6 is 7.82 Å². The maximum Gasteiger partial charge on any atom is 0.737 e. The van der Waals surface area contributed by atoms with E-state index in [2.05, 4.69) is 11.4 Å². The van der Waals surface area contributed by atoms with Crippen molar-refractivity contribution in [1.29, 1.82) is 0 Å². The second kappa shape index (κ2) is 28.0. The fraction of sp³-hybridized carbons (Fsp3) is 0.739. The molecule has 3 atom stereocenters. The minimum absolute atomic E-state index is 0.0876. The molecule has 2 aliphatic heterocycles. The molecule has 63 heavy (non-hydrogen) atoms. The van der Waals surface area contributed by atoms with E-state index in [4.69, 9.17) is 24.8 Å². The van der Waals surface area contributed by atoms with E-state index in [0.717, 1.165) is 87.3 Å². The molecule has 1 aromatic heterocycles. The summed E-state index contributed by atoms with van der Waals surface area (Å²) in [5, 5.41) is 8.93. The highest BCUT2D eigenvalue weighted by molar-refractivity contribution is 7.47. The Morgan fingerprint density at radius 2 is 1.25 bits per heavy atom. The number of carboxylic acid groups (broad SMARTS) is 1. The Morgan fingerprint density at radius 3 is 1.79 bits per heavy atom. The maximum absolute atomic E-state index is 15.8. The fourth-order valence-electron chi connectivity index (χ4n) is 8.67. The second-order valence-electron chi connectivity index (χ2n) is 17.6. The van der Waals surface area contributed by atoms with Crippen LogP contribution in [0.2, 0.25) is 0 Å². The van der Waals surface area contributed by atoms with Gasteiger partial charge in [-0.3, -0.25) is 23.4 Å². The van der Waals surface area contributed by atoms with Crippen molar-refractivity contribution < 1.29 is 60.6 Å². The van der Waals surface area contributed by atoms with Gasteiger partial charge in [0, 0.05) is 42.7 Å². The van der Waals surface area contributed by atoms with Gasteiger partial charge in [0.25, 0.3) is 0 Å². The highest BCUT2D eigenvalue weighted by Crippen LogP contribution is 2.44. The summed E-state index contributed by atoms with van der Waals surface area (Å²) in [7, 11) is -4.76. The quantitative estimate of drug-likeness (QED) is 0.0255. The number of ether oxygens (including phenoxy) is 2. The molecule has 1 unspecified atom stereocenters. The lowest BCUT2D eigenvalue weighted by atomic mass is 9.84. The number of aliphatic carboxylic acids is 1. The first-order valence-corrected chi connectivity index (χ1v) is 25.2. The Balaban J connectivity index is 1.35. The molecule has 0 aromatic carbocycles. The van der Waals surface area contributed by atoms with Crippen LogP contribution in [0.1, 0.15) is 192 Å². The van der Waals surface area contributed by atoms with E-state index in [1.54, 1.807) is 13.8 Å². The molecule has 0 bridgehead atoms. The van der Waals surface area contributed by atoms with Crippen LogP contribution in [-0.4, -0.2) is 81.5 Å². The number of nitrogens with zero attached hydrogens (tertiary/aromatic N) is 2. The number of hydrogen-bond donors (Lipinski definition) is 3. The van der Waals surface area contributed by atoms with E-state index in [1.165, 1.54) is 66.8 Å².